The molecule has 96 valence electrons. The van der Waals surface area contributed by atoms with Gasteiger partial charge in [0.1, 0.15) is 0 Å². The molecular weight excluding hydrogens is 198 g/mol. The first-order valence-electron chi connectivity index (χ1n) is 7.04. The fourth-order valence-electron chi connectivity index (χ4n) is 2.61. The van der Waals surface area contributed by atoms with Gasteiger partial charge < -0.3 is 10.1 Å². The Morgan fingerprint density at radius 2 is 2.19 bits per heavy atom. The number of rotatable bonds is 8. The standard InChI is InChI=1S/C14H29NO/c1-4-7-15-11-13(9-12(2)3)10-14-6-5-8-16-14/h12-15H,4-11H2,1-3H3. The molecule has 0 aromatic rings. The molecule has 2 heteroatoms. The maximum Gasteiger partial charge on any atom is 0.0579 e. The van der Waals surface area contributed by atoms with E-state index in [0.29, 0.717) is 6.10 Å². The van der Waals surface area contributed by atoms with Gasteiger partial charge in [0.15, 0.2) is 0 Å². The quantitative estimate of drug-likeness (QED) is 0.643. The van der Waals surface area contributed by atoms with E-state index in [2.05, 4.69) is 26.1 Å². The number of hydrogen-bond acceptors (Lipinski definition) is 2. The zero-order valence-electron chi connectivity index (χ0n) is 11.3. The molecule has 1 saturated heterocycles. The molecule has 0 bridgehead atoms. The van der Waals surface area contributed by atoms with Crippen LogP contribution in [0.3, 0.4) is 0 Å². The third kappa shape index (κ3) is 5.86. The first-order valence-corrected chi connectivity index (χ1v) is 7.04. The summed E-state index contributed by atoms with van der Waals surface area (Å²) in [5.41, 5.74) is 0. The zero-order valence-corrected chi connectivity index (χ0v) is 11.3. The minimum Gasteiger partial charge on any atom is -0.378 e. The molecule has 1 aliphatic rings. The molecule has 2 unspecified atom stereocenters. The van der Waals surface area contributed by atoms with Gasteiger partial charge in [0.05, 0.1) is 6.10 Å². The predicted molar refractivity (Wildman–Crippen MR) is 69.7 cm³/mol. The maximum atomic E-state index is 5.74. The van der Waals surface area contributed by atoms with Gasteiger partial charge in [-0.25, -0.2) is 0 Å². The Labute approximate surface area is 101 Å². The van der Waals surface area contributed by atoms with Gasteiger partial charge >= 0.3 is 0 Å². The van der Waals surface area contributed by atoms with Crippen molar-refractivity contribution in [2.45, 2.75) is 59.0 Å². The van der Waals surface area contributed by atoms with E-state index in [1.807, 2.05) is 0 Å². The Morgan fingerprint density at radius 3 is 2.75 bits per heavy atom. The van der Waals surface area contributed by atoms with Crippen molar-refractivity contribution in [1.82, 2.24) is 5.32 Å². The van der Waals surface area contributed by atoms with E-state index < -0.39 is 0 Å². The van der Waals surface area contributed by atoms with E-state index in [-0.39, 0.29) is 0 Å². The lowest BCUT2D eigenvalue weighted by atomic mass is 9.91. The van der Waals surface area contributed by atoms with Crippen LogP contribution in [0.4, 0.5) is 0 Å². The Kier molecular flexibility index (Phi) is 7.06. The molecule has 0 saturated carbocycles. The zero-order chi connectivity index (χ0) is 11.8. The summed E-state index contributed by atoms with van der Waals surface area (Å²) in [6.07, 6.45) is 6.91. The second-order valence-electron chi connectivity index (χ2n) is 5.57. The van der Waals surface area contributed by atoms with Crippen LogP contribution in [0.1, 0.15) is 52.9 Å². The molecule has 0 radical (unpaired) electrons. The van der Waals surface area contributed by atoms with Crippen LogP contribution in [0, 0.1) is 11.8 Å². The van der Waals surface area contributed by atoms with Gasteiger partial charge in [-0.2, -0.15) is 0 Å². The van der Waals surface area contributed by atoms with Crippen LogP contribution in [0.2, 0.25) is 0 Å². The molecular formula is C14H29NO. The van der Waals surface area contributed by atoms with E-state index in [1.54, 1.807) is 0 Å². The second-order valence-corrected chi connectivity index (χ2v) is 5.57. The molecule has 0 aliphatic carbocycles. The first-order chi connectivity index (χ1) is 7.72. The van der Waals surface area contributed by atoms with E-state index in [1.165, 1.54) is 38.6 Å². The Balaban J connectivity index is 2.24. The molecule has 0 aromatic heterocycles. The summed E-state index contributed by atoms with van der Waals surface area (Å²) in [4.78, 5) is 0. The first kappa shape index (κ1) is 14.0. The van der Waals surface area contributed by atoms with Crippen LogP contribution in [-0.4, -0.2) is 25.8 Å². The SMILES string of the molecule is CCCNCC(CC(C)C)CC1CCCO1. The van der Waals surface area contributed by atoms with Crippen molar-refractivity contribution >= 4 is 0 Å². The van der Waals surface area contributed by atoms with Crippen LogP contribution in [0.15, 0.2) is 0 Å². The summed E-state index contributed by atoms with van der Waals surface area (Å²) in [6.45, 7) is 10.2. The fraction of sp³-hybridized carbons (Fsp3) is 1.00. The van der Waals surface area contributed by atoms with Gasteiger partial charge in [0.2, 0.25) is 0 Å². The molecule has 0 aromatic carbocycles. The van der Waals surface area contributed by atoms with Crippen molar-refractivity contribution in [3.63, 3.8) is 0 Å². The lowest BCUT2D eigenvalue weighted by molar-refractivity contribution is 0.0860. The van der Waals surface area contributed by atoms with Gasteiger partial charge in [0.25, 0.3) is 0 Å². The Hall–Kier alpha value is -0.0800. The Morgan fingerprint density at radius 1 is 1.38 bits per heavy atom. The third-order valence-electron chi connectivity index (χ3n) is 3.28. The van der Waals surface area contributed by atoms with E-state index >= 15 is 0 Å². The van der Waals surface area contributed by atoms with Gasteiger partial charge in [0, 0.05) is 6.61 Å². The summed E-state index contributed by atoms with van der Waals surface area (Å²) in [5, 5.41) is 3.56. The van der Waals surface area contributed by atoms with Gasteiger partial charge in [-0.3, -0.25) is 0 Å². The summed E-state index contributed by atoms with van der Waals surface area (Å²) in [7, 11) is 0. The normalized spacial score (nSPS) is 22.9. The Bertz CT molecular complexity index is 164. The topological polar surface area (TPSA) is 21.3 Å². The molecule has 2 nitrogen and oxygen atoms in total. The van der Waals surface area contributed by atoms with Crippen molar-refractivity contribution in [3.8, 4) is 0 Å². The average molecular weight is 227 g/mol. The highest BCUT2D eigenvalue weighted by molar-refractivity contribution is 4.73. The maximum absolute atomic E-state index is 5.74. The van der Waals surface area contributed by atoms with Gasteiger partial charge in [-0.1, -0.05) is 20.8 Å². The number of hydrogen-bond donors (Lipinski definition) is 1. The fourth-order valence-corrected chi connectivity index (χ4v) is 2.61. The highest BCUT2D eigenvalue weighted by atomic mass is 16.5. The molecule has 1 rings (SSSR count). The molecule has 2 atom stereocenters. The summed E-state index contributed by atoms with van der Waals surface area (Å²) >= 11 is 0. The highest BCUT2D eigenvalue weighted by Gasteiger charge is 2.21. The predicted octanol–water partition coefficient (Wildman–Crippen LogP) is 3.22. The van der Waals surface area contributed by atoms with Crippen LogP contribution >= 0.6 is 0 Å². The van der Waals surface area contributed by atoms with Gasteiger partial charge in [-0.05, 0) is 57.0 Å². The van der Waals surface area contributed by atoms with Crippen LogP contribution in [0.25, 0.3) is 0 Å². The molecule has 1 N–H and O–H groups in total. The van der Waals surface area contributed by atoms with E-state index in [9.17, 15) is 0 Å². The van der Waals surface area contributed by atoms with Crippen molar-refractivity contribution < 1.29 is 4.74 Å². The third-order valence-corrected chi connectivity index (χ3v) is 3.28. The van der Waals surface area contributed by atoms with Crippen molar-refractivity contribution in [1.29, 1.82) is 0 Å². The highest BCUT2D eigenvalue weighted by Crippen LogP contribution is 2.23. The van der Waals surface area contributed by atoms with Gasteiger partial charge in [-0.15, -0.1) is 0 Å². The van der Waals surface area contributed by atoms with Crippen LogP contribution < -0.4 is 5.32 Å². The van der Waals surface area contributed by atoms with Crippen molar-refractivity contribution in [2.24, 2.45) is 11.8 Å². The molecule has 1 heterocycles. The summed E-state index contributed by atoms with van der Waals surface area (Å²) < 4.78 is 5.74. The van der Waals surface area contributed by atoms with E-state index in [4.69, 9.17) is 4.74 Å². The monoisotopic (exact) mass is 227 g/mol. The van der Waals surface area contributed by atoms with Crippen LogP contribution in [0.5, 0.6) is 0 Å². The number of ether oxygens (including phenoxy) is 1. The molecule has 1 fully saturated rings. The lowest BCUT2D eigenvalue weighted by Gasteiger charge is -2.22. The average Bonchev–Trinajstić information content (AvgIpc) is 2.69. The van der Waals surface area contributed by atoms with Crippen molar-refractivity contribution in [2.75, 3.05) is 19.7 Å². The molecule has 1 aliphatic heterocycles. The minimum atomic E-state index is 0.548. The van der Waals surface area contributed by atoms with Crippen molar-refractivity contribution in [3.05, 3.63) is 0 Å². The van der Waals surface area contributed by atoms with E-state index in [0.717, 1.165) is 25.0 Å². The molecule has 0 amide bonds. The largest absolute Gasteiger partial charge is 0.378 e. The summed E-state index contributed by atoms with van der Waals surface area (Å²) in [6, 6.07) is 0. The smallest absolute Gasteiger partial charge is 0.0579 e. The lowest BCUT2D eigenvalue weighted by Crippen LogP contribution is -2.27. The number of nitrogens with one attached hydrogen (secondary N) is 1. The second kappa shape index (κ2) is 8.08. The minimum absolute atomic E-state index is 0.548. The molecule has 16 heavy (non-hydrogen) atoms. The summed E-state index contributed by atoms with van der Waals surface area (Å²) in [5.74, 6) is 1.60. The molecule has 0 spiro atoms. The van der Waals surface area contributed by atoms with Crippen LogP contribution in [-0.2, 0) is 4.74 Å².